The summed E-state index contributed by atoms with van der Waals surface area (Å²) in [7, 11) is 0. The van der Waals surface area contributed by atoms with Crippen LogP contribution in [0.15, 0.2) is 58.8 Å². The van der Waals surface area contributed by atoms with Crippen LogP contribution < -0.4 is 0 Å². The summed E-state index contributed by atoms with van der Waals surface area (Å²) in [6.45, 7) is 4.12. The number of pyridine rings is 1. The van der Waals surface area contributed by atoms with E-state index in [1.807, 2.05) is 25.1 Å². The van der Waals surface area contributed by atoms with Crippen LogP contribution in [0.2, 0.25) is 0 Å². The molecule has 1 aromatic carbocycles. The number of benzene rings is 1. The Morgan fingerprint density at radius 1 is 1.05 bits per heavy atom. The van der Waals surface area contributed by atoms with Crippen LogP contribution in [0.1, 0.15) is 18.3 Å². The predicted molar refractivity (Wildman–Crippen MR) is 83.8 cm³/mol. The lowest BCUT2D eigenvalue weighted by atomic mass is 10.1. The number of hydrogen-bond acceptors (Lipinski definition) is 4. The molecule has 0 saturated heterocycles. The maximum Gasteiger partial charge on any atom is 0.202 e. The summed E-state index contributed by atoms with van der Waals surface area (Å²) in [6.07, 6.45) is 2.82. The second-order valence-electron chi connectivity index (χ2n) is 4.66. The van der Waals surface area contributed by atoms with Gasteiger partial charge in [0.15, 0.2) is 0 Å². The zero-order valence-electron chi connectivity index (χ0n) is 12.0. The molecule has 0 amide bonds. The largest absolute Gasteiger partial charge is 0.274 e. The molecule has 21 heavy (non-hydrogen) atoms. The first-order valence-corrected chi connectivity index (χ1v) is 7.70. The van der Waals surface area contributed by atoms with E-state index in [2.05, 4.69) is 50.9 Å². The van der Waals surface area contributed by atoms with Gasteiger partial charge in [-0.15, -0.1) is 10.2 Å². The van der Waals surface area contributed by atoms with Crippen LogP contribution >= 0.6 is 11.8 Å². The number of rotatable bonds is 4. The normalized spacial score (nSPS) is 10.8. The van der Waals surface area contributed by atoms with E-state index < -0.39 is 0 Å². The van der Waals surface area contributed by atoms with E-state index in [-0.39, 0.29) is 0 Å². The number of hydrogen-bond donors (Lipinski definition) is 0. The lowest BCUT2D eigenvalue weighted by Crippen LogP contribution is -1.99. The van der Waals surface area contributed by atoms with Crippen molar-refractivity contribution in [3.8, 4) is 5.69 Å². The fourth-order valence-electron chi connectivity index (χ4n) is 2.09. The van der Waals surface area contributed by atoms with Gasteiger partial charge in [-0.05, 0) is 54.9 Å². The third-order valence-electron chi connectivity index (χ3n) is 3.23. The summed E-state index contributed by atoms with van der Waals surface area (Å²) < 4.78 is 2.05. The Morgan fingerprint density at radius 3 is 2.52 bits per heavy atom. The van der Waals surface area contributed by atoms with Gasteiger partial charge in [0.2, 0.25) is 5.16 Å². The zero-order chi connectivity index (χ0) is 14.7. The number of aryl methyl sites for hydroxylation is 2. The Hall–Kier alpha value is -2.14. The maximum atomic E-state index is 4.33. The molecule has 0 unspecified atom stereocenters. The minimum absolute atomic E-state index is 0.829. The van der Waals surface area contributed by atoms with E-state index in [0.717, 1.165) is 28.1 Å². The van der Waals surface area contributed by atoms with Crippen LogP contribution in [0.3, 0.4) is 0 Å². The van der Waals surface area contributed by atoms with Gasteiger partial charge in [-0.3, -0.25) is 4.57 Å². The van der Waals surface area contributed by atoms with Crippen molar-refractivity contribution in [2.45, 2.75) is 30.5 Å². The first kappa shape index (κ1) is 13.8. The third-order valence-corrected chi connectivity index (χ3v) is 4.13. The van der Waals surface area contributed by atoms with Crippen LogP contribution in [-0.2, 0) is 6.42 Å². The van der Waals surface area contributed by atoms with E-state index in [1.54, 1.807) is 6.20 Å². The van der Waals surface area contributed by atoms with Crippen LogP contribution in [0.25, 0.3) is 5.69 Å². The Labute approximate surface area is 128 Å². The van der Waals surface area contributed by atoms with Gasteiger partial charge in [-0.1, -0.05) is 25.1 Å². The highest BCUT2D eigenvalue weighted by Gasteiger charge is 2.12. The molecule has 2 heterocycles. The van der Waals surface area contributed by atoms with Gasteiger partial charge >= 0.3 is 0 Å². The minimum atomic E-state index is 0.829. The highest BCUT2D eigenvalue weighted by molar-refractivity contribution is 7.99. The molecule has 0 N–H and O–H groups in total. The summed E-state index contributed by atoms with van der Waals surface area (Å²) in [5.74, 6) is 0.873. The fraction of sp³-hybridized carbons (Fsp3) is 0.188. The van der Waals surface area contributed by atoms with E-state index >= 15 is 0 Å². The quantitative estimate of drug-likeness (QED) is 0.736. The van der Waals surface area contributed by atoms with Crippen molar-refractivity contribution >= 4 is 11.8 Å². The molecule has 0 aliphatic heterocycles. The van der Waals surface area contributed by atoms with Crippen LogP contribution in [0, 0.1) is 6.92 Å². The van der Waals surface area contributed by atoms with Gasteiger partial charge in [0.1, 0.15) is 10.9 Å². The topological polar surface area (TPSA) is 43.6 Å². The highest BCUT2D eigenvalue weighted by Crippen LogP contribution is 2.27. The molecule has 0 aliphatic carbocycles. The molecule has 0 fully saturated rings. The fourth-order valence-corrected chi connectivity index (χ4v) is 2.95. The van der Waals surface area contributed by atoms with E-state index in [9.17, 15) is 0 Å². The number of nitrogens with zero attached hydrogens (tertiary/aromatic N) is 4. The Morgan fingerprint density at radius 2 is 1.86 bits per heavy atom. The molecule has 3 rings (SSSR count). The SMILES string of the molecule is CCc1ccc(-n2c(C)nnc2Sc2ccccn2)cc1. The summed E-state index contributed by atoms with van der Waals surface area (Å²) in [6, 6.07) is 14.4. The maximum absolute atomic E-state index is 4.33. The van der Waals surface area contributed by atoms with Gasteiger partial charge in [0.05, 0.1) is 0 Å². The third kappa shape index (κ3) is 2.97. The second-order valence-corrected chi connectivity index (χ2v) is 5.64. The first-order chi connectivity index (χ1) is 10.3. The van der Waals surface area contributed by atoms with Crippen molar-refractivity contribution < 1.29 is 0 Å². The summed E-state index contributed by atoms with van der Waals surface area (Å²) >= 11 is 1.52. The van der Waals surface area contributed by atoms with Crippen LogP contribution in [0.4, 0.5) is 0 Å². The minimum Gasteiger partial charge on any atom is -0.274 e. The Bertz CT molecular complexity index is 720. The molecule has 0 spiro atoms. The van der Waals surface area contributed by atoms with E-state index in [1.165, 1.54) is 17.3 Å². The Kier molecular flexibility index (Phi) is 4.01. The van der Waals surface area contributed by atoms with Crippen molar-refractivity contribution in [3.05, 3.63) is 60.0 Å². The molecule has 0 bridgehead atoms. The smallest absolute Gasteiger partial charge is 0.202 e. The second kappa shape index (κ2) is 6.10. The summed E-state index contributed by atoms with van der Waals surface area (Å²) in [5, 5.41) is 10.2. The standard InChI is InChI=1S/C16H16N4S/c1-3-13-7-9-14(10-8-13)20-12(2)18-19-16(20)21-15-6-4-5-11-17-15/h4-11H,3H2,1-2H3. The van der Waals surface area contributed by atoms with Crippen molar-refractivity contribution in [1.29, 1.82) is 0 Å². The van der Waals surface area contributed by atoms with Crippen LogP contribution in [0.5, 0.6) is 0 Å². The van der Waals surface area contributed by atoms with Gasteiger partial charge < -0.3 is 0 Å². The average Bonchev–Trinajstić information content (AvgIpc) is 2.89. The zero-order valence-corrected chi connectivity index (χ0v) is 12.8. The molecule has 3 aromatic rings. The summed E-state index contributed by atoms with van der Waals surface area (Å²) in [4.78, 5) is 4.33. The molecular formula is C16H16N4S. The molecule has 4 nitrogen and oxygen atoms in total. The molecule has 2 aromatic heterocycles. The first-order valence-electron chi connectivity index (χ1n) is 6.88. The highest BCUT2D eigenvalue weighted by atomic mass is 32.2. The van der Waals surface area contributed by atoms with Crippen LogP contribution in [-0.4, -0.2) is 19.7 Å². The molecule has 0 radical (unpaired) electrons. The molecule has 106 valence electrons. The predicted octanol–water partition coefficient (Wildman–Crippen LogP) is 3.68. The van der Waals surface area contributed by atoms with E-state index in [0.29, 0.717) is 0 Å². The monoisotopic (exact) mass is 296 g/mol. The molecular weight excluding hydrogens is 280 g/mol. The van der Waals surface area contributed by atoms with Crippen molar-refractivity contribution in [2.24, 2.45) is 0 Å². The van der Waals surface area contributed by atoms with Crippen molar-refractivity contribution in [2.75, 3.05) is 0 Å². The molecule has 0 saturated carbocycles. The van der Waals surface area contributed by atoms with Gasteiger partial charge in [0.25, 0.3) is 0 Å². The van der Waals surface area contributed by atoms with Gasteiger partial charge in [-0.25, -0.2) is 4.98 Å². The van der Waals surface area contributed by atoms with Gasteiger partial charge in [0, 0.05) is 11.9 Å². The van der Waals surface area contributed by atoms with Crippen molar-refractivity contribution in [3.63, 3.8) is 0 Å². The lowest BCUT2D eigenvalue weighted by molar-refractivity contribution is 0.864. The molecule has 5 heteroatoms. The lowest BCUT2D eigenvalue weighted by Gasteiger charge is -2.08. The Balaban J connectivity index is 1.96. The van der Waals surface area contributed by atoms with E-state index in [4.69, 9.17) is 0 Å². The number of aromatic nitrogens is 4. The van der Waals surface area contributed by atoms with Gasteiger partial charge in [-0.2, -0.15) is 0 Å². The average molecular weight is 296 g/mol. The summed E-state index contributed by atoms with van der Waals surface area (Å²) in [5.41, 5.74) is 2.40. The van der Waals surface area contributed by atoms with Crippen molar-refractivity contribution in [1.82, 2.24) is 19.7 Å². The molecule has 0 atom stereocenters. The molecule has 0 aliphatic rings.